The SMILES string of the molecule is CC(C)(C)NC(=O)[C@@H]1C[C@H](Sc2ccncc2)CCN1C[C@@H](O)[C@H](Cc1ccccc1)NC(=O)c1cc(Cl)ccc1Cl. The first-order chi connectivity index (χ1) is 20.0. The average molecular weight is 630 g/mol. The van der Waals surface area contributed by atoms with E-state index in [0.29, 0.717) is 24.4 Å². The van der Waals surface area contributed by atoms with Gasteiger partial charge in [0.05, 0.1) is 28.8 Å². The first kappa shape index (κ1) is 32.3. The fraction of sp³-hybridized carbons (Fsp3) is 0.406. The second-order valence-electron chi connectivity index (χ2n) is 11.7. The van der Waals surface area contributed by atoms with E-state index in [9.17, 15) is 14.7 Å². The normalized spacial score (nSPS) is 19.1. The molecule has 1 aliphatic rings. The van der Waals surface area contributed by atoms with Crippen molar-refractivity contribution in [3.63, 3.8) is 0 Å². The van der Waals surface area contributed by atoms with Crippen LogP contribution in [-0.4, -0.2) is 68.9 Å². The molecule has 2 aromatic carbocycles. The van der Waals surface area contributed by atoms with Gasteiger partial charge in [0.25, 0.3) is 5.91 Å². The lowest BCUT2D eigenvalue weighted by atomic mass is 9.96. The number of halogens is 2. The molecule has 1 fully saturated rings. The minimum absolute atomic E-state index is 0.0657. The summed E-state index contributed by atoms with van der Waals surface area (Å²) in [5, 5.41) is 18.6. The Morgan fingerprint density at radius 2 is 1.81 bits per heavy atom. The van der Waals surface area contributed by atoms with Crippen molar-refractivity contribution in [2.45, 2.75) is 73.9 Å². The number of carbonyl (C=O) groups is 2. The predicted molar refractivity (Wildman–Crippen MR) is 170 cm³/mol. The number of pyridine rings is 1. The van der Waals surface area contributed by atoms with E-state index in [1.807, 2.05) is 68.1 Å². The van der Waals surface area contributed by atoms with Gasteiger partial charge in [-0.3, -0.25) is 19.5 Å². The van der Waals surface area contributed by atoms with Gasteiger partial charge >= 0.3 is 0 Å². The number of piperidine rings is 1. The van der Waals surface area contributed by atoms with Crippen LogP contribution < -0.4 is 10.6 Å². The maximum atomic E-state index is 13.5. The number of hydrogen-bond donors (Lipinski definition) is 3. The van der Waals surface area contributed by atoms with Gasteiger partial charge in [-0.2, -0.15) is 0 Å². The third-order valence-corrected chi connectivity index (χ3v) is 8.96. The zero-order valence-electron chi connectivity index (χ0n) is 24.1. The second kappa shape index (κ2) is 14.7. The molecule has 2 amide bonds. The molecule has 0 aliphatic carbocycles. The number of benzene rings is 2. The van der Waals surface area contributed by atoms with Gasteiger partial charge < -0.3 is 15.7 Å². The highest BCUT2D eigenvalue weighted by molar-refractivity contribution is 8.00. The van der Waals surface area contributed by atoms with Crippen LogP contribution in [0.3, 0.4) is 0 Å². The molecule has 3 N–H and O–H groups in total. The number of likely N-dealkylation sites (tertiary alicyclic amines) is 1. The van der Waals surface area contributed by atoms with Crippen LogP contribution in [0.15, 0.2) is 78.0 Å². The standard InChI is InChI=1S/C32H38Cl2N4O3S/c1-32(2,3)37-31(41)28-19-24(42-23-11-14-35-15-12-23)13-16-38(28)20-29(39)27(17-21-7-5-4-6-8-21)36-30(40)25-18-22(33)9-10-26(25)34/h4-12,14-15,18,24,27-29,39H,13,16-17,19-20H2,1-3H3,(H,36,40)(H,37,41)/t24-,27+,28+,29-/m1/s1. The van der Waals surface area contributed by atoms with Gasteiger partial charge in [0.1, 0.15) is 0 Å². The molecule has 224 valence electrons. The maximum absolute atomic E-state index is 13.5. The highest BCUT2D eigenvalue weighted by Crippen LogP contribution is 2.33. The first-order valence-electron chi connectivity index (χ1n) is 14.1. The van der Waals surface area contributed by atoms with Crippen molar-refractivity contribution in [2.75, 3.05) is 13.1 Å². The van der Waals surface area contributed by atoms with Crippen LogP contribution in [-0.2, 0) is 11.2 Å². The number of nitrogens with one attached hydrogen (secondary N) is 2. The quantitative estimate of drug-likeness (QED) is 0.269. The molecule has 7 nitrogen and oxygen atoms in total. The largest absolute Gasteiger partial charge is 0.390 e. The molecule has 42 heavy (non-hydrogen) atoms. The van der Waals surface area contributed by atoms with E-state index in [4.69, 9.17) is 23.2 Å². The molecule has 10 heteroatoms. The lowest BCUT2D eigenvalue weighted by Crippen LogP contribution is -2.58. The Hall–Kier alpha value is -2.62. The van der Waals surface area contributed by atoms with Crippen molar-refractivity contribution in [3.05, 3.63) is 94.2 Å². The third kappa shape index (κ3) is 9.44. The molecular weight excluding hydrogens is 591 g/mol. The summed E-state index contributed by atoms with van der Waals surface area (Å²) in [7, 11) is 0. The van der Waals surface area contributed by atoms with Crippen molar-refractivity contribution in [1.82, 2.24) is 20.5 Å². The number of aliphatic hydroxyl groups excluding tert-OH is 1. The highest BCUT2D eigenvalue weighted by atomic mass is 35.5. The summed E-state index contributed by atoms with van der Waals surface area (Å²) >= 11 is 14.2. The van der Waals surface area contributed by atoms with Crippen LogP contribution in [0.25, 0.3) is 0 Å². The minimum atomic E-state index is -0.957. The molecule has 0 bridgehead atoms. The number of β-amino-alcohol motifs (C(OH)–C–C–N with tert-alkyl or cyclic N) is 1. The van der Waals surface area contributed by atoms with Crippen molar-refractivity contribution in [2.24, 2.45) is 0 Å². The summed E-state index contributed by atoms with van der Waals surface area (Å²) in [6.45, 7) is 6.73. The van der Waals surface area contributed by atoms with Crippen LogP contribution in [0.4, 0.5) is 0 Å². The summed E-state index contributed by atoms with van der Waals surface area (Å²) in [6, 6.07) is 17.3. The van der Waals surface area contributed by atoms with Gasteiger partial charge in [-0.25, -0.2) is 0 Å². The Labute approximate surface area is 262 Å². The summed E-state index contributed by atoms with van der Waals surface area (Å²) in [4.78, 5) is 34.1. The van der Waals surface area contributed by atoms with Gasteiger partial charge in [0.15, 0.2) is 0 Å². The number of aliphatic hydroxyl groups is 1. The lowest BCUT2D eigenvalue weighted by molar-refractivity contribution is -0.129. The Kier molecular flexibility index (Phi) is 11.3. The molecule has 1 aromatic heterocycles. The summed E-state index contributed by atoms with van der Waals surface area (Å²) in [5.41, 5.74) is 0.811. The molecule has 0 saturated carbocycles. The molecule has 0 spiro atoms. The minimum Gasteiger partial charge on any atom is -0.390 e. The first-order valence-corrected chi connectivity index (χ1v) is 15.7. The van der Waals surface area contributed by atoms with E-state index in [2.05, 4.69) is 15.6 Å². The number of aromatic nitrogens is 1. The highest BCUT2D eigenvalue weighted by Gasteiger charge is 2.37. The van der Waals surface area contributed by atoms with Crippen molar-refractivity contribution in [1.29, 1.82) is 0 Å². The van der Waals surface area contributed by atoms with Crippen molar-refractivity contribution < 1.29 is 14.7 Å². The Morgan fingerprint density at radius 3 is 2.50 bits per heavy atom. The van der Waals surface area contributed by atoms with Crippen molar-refractivity contribution >= 4 is 46.8 Å². The van der Waals surface area contributed by atoms with Crippen LogP contribution >= 0.6 is 35.0 Å². The van der Waals surface area contributed by atoms with Crippen molar-refractivity contribution in [3.8, 4) is 0 Å². The fourth-order valence-electron chi connectivity index (χ4n) is 5.08. The average Bonchev–Trinajstić information content (AvgIpc) is 2.95. The Morgan fingerprint density at radius 1 is 1.10 bits per heavy atom. The van der Waals surface area contributed by atoms with Gasteiger partial charge in [-0.15, -0.1) is 11.8 Å². The van der Waals surface area contributed by atoms with E-state index in [-0.39, 0.29) is 28.3 Å². The van der Waals surface area contributed by atoms with E-state index in [1.54, 1.807) is 36.3 Å². The maximum Gasteiger partial charge on any atom is 0.253 e. The molecule has 4 rings (SSSR count). The van der Waals surface area contributed by atoms with Crippen LogP contribution in [0.2, 0.25) is 10.0 Å². The molecule has 4 atom stereocenters. The van der Waals surface area contributed by atoms with Crippen LogP contribution in [0.1, 0.15) is 49.5 Å². The summed E-state index contributed by atoms with van der Waals surface area (Å²) < 4.78 is 0. The number of amides is 2. The predicted octanol–water partition coefficient (Wildman–Crippen LogP) is 5.63. The Bertz CT molecular complexity index is 1340. The number of carbonyl (C=O) groups excluding carboxylic acids is 2. The molecular formula is C32H38Cl2N4O3S. The molecule has 1 saturated heterocycles. The molecule has 0 radical (unpaired) electrons. The summed E-state index contributed by atoms with van der Waals surface area (Å²) in [5.74, 6) is -0.485. The van der Waals surface area contributed by atoms with E-state index in [0.717, 1.165) is 16.9 Å². The smallest absolute Gasteiger partial charge is 0.253 e. The van der Waals surface area contributed by atoms with E-state index < -0.39 is 29.6 Å². The number of nitrogens with zero attached hydrogens (tertiary/aromatic N) is 2. The van der Waals surface area contributed by atoms with Gasteiger partial charge in [-0.1, -0.05) is 53.5 Å². The third-order valence-electron chi connectivity index (χ3n) is 7.09. The van der Waals surface area contributed by atoms with E-state index >= 15 is 0 Å². The monoisotopic (exact) mass is 628 g/mol. The van der Waals surface area contributed by atoms with Gasteiger partial charge in [-0.05, 0) is 75.9 Å². The molecule has 1 aliphatic heterocycles. The number of thioether (sulfide) groups is 1. The Balaban J connectivity index is 1.53. The zero-order chi connectivity index (χ0) is 30.3. The fourth-order valence-corrected chi connectivity index (χ4v) is 6.62. The molecule has 3 aromatic rings. The van der Waals surface area contributed by atoms with Crippen LogP contribution in [0, 0.1) is 0 Å². The number of hydrogen-bond acceptors (Lipinski definition) is 6. The van der Waals surface area contributed by atoms with Gasteiger partial charge in [0, 0.05) is 46.2 Å². The summed E-state index contributed by atoms with van der Waals surface area (Å²) in [6.07, 6.45) is 4.48. The topological polar surface area (TPSA) is 94.6 Å². The second-order valence-corrected chi connectivity index (χ2v) is 13.9. The lowest BCUT2D eigenvalue weighted by Gasteiger charge is -2.41. The zero-order valence-corrected chi connectivity index (χ0v) is 26.4. The van der Waals surface area contributed by atoms with Crippen LogP contribution in [0.5, 0.6) is 0 Å². The van der Waals surface area contributed by atoms with E-state index in [1.165, 1.54) is 6.07 Å². The molecule has 0 unspecified atom stereocenters. The molecule has 2 heterocycles. The van der Waals surface area contributed by atoms with Gasteiger partial charge in [0.2, 0.25) is 5.91 Å². The number of rotatable bonds is 10.